The highest BCUT2D eigenvalue weighted by Crippen LogP contribution is 2.26. The van der Waals surface area contributed by atoms with Gasteiger partial charge in [0.2, 0.25) is 11.8 Å². The van der Waals surface area contributed by atoms with Gasteiger partial charge in [-0.2, -0.15) is 4.98 Å². The Morgan fingerprint density at radius 3 is 2.60 bits per heavy atom. The van der Waals surface area contributed by atoms with Gasteiger partial charge in [-0.3, -0.25) is 0 Å². The molecule has 0 bridgehead atoms. The summed E-state index contributed by atoms with van der Waals surface area (Å²) >= 11 is 0. The lowest BCUT2D eigenvalue weighted by molar-refractivity contribution is -0.000708. The van der Waals surface area contributed by atoms with E-state index in [0.29, 0.717) is 17.6 Å². The lowest BCUT2D eigenvalue weighted by Crippen LogP contribution is -2.53. The van der Waals surface area contributed by atoms with Crippen LogP contribution < -0.4 is 10.1 Å². The second kappa shape index (κ2) is 7.76. The Balaban J connectivity index is 1.65. The summed E-state index contributed by atoms with van der Waals surface area (Å²) in [4.78, 5) is 10.9. The molecule has 0 saturated carbocycles. The van der Waals surface area contributed by atoms with Gasteiger partial charge >= 0.3 is 0 Å². The van der Waals surface area contributed by atoms with Gasteiger partial charge < -0.3 is 19.7 Å². The number of anilines is 1. The van der Waals surface area contributed by atoms with E-state index in [4.69, 9.17) is 9.47 Å². The van der Waals surface area contributed by atoms with E-state index in [2.05, 4.69) is 34.3 Å². The van der Waals surface area contributed by atoms with Gasteiger partial charge in [0, 0.05) is 37.6 Å². The van der Waals surface area contributed by atoms with Crippen molar-refractivity contribution in [3.63, 3.8) is 0 Å². The van der Waals surface area contributed by atoms with Crippen LogP contribution >= 0.6 is 0 Å². The highest BCUT2D eigenvalue weighted by atomic mass is 19.1. The number of benzene rings is 1. The van der Waals surface area contributed by atoms with Crippen molar-refractivity contribution in [3.05, 3.63) is 42.3 Å². The number of nitrogens with one attached hydrogen (secondary N) is 1. The molecule has 3 rings (SSSR count). The fourth-order valence-electron chi connectivity index (χ4n) is 2.88. The largest absolute Gasteiger partial charge is 0.439 e. The van der Waals surface area contributed by atoms with E-state index in [1.54, 1.807) is 24.4 Å². The highest BCUT2D eigenvalue weighted by molar-refractivity contribution is 5.32. The van der Waals surface area contributed by atoms with Crippen molar-refractivity contribution >= 4 is 5.95 Å². The zero-order valence-electron chi connectivity index (χ0n) is 14.5. The molecular weight excluding hydrogens is 323 g/mol. The summed E-state index contributed by atoms with van der Waals surface area (Å²) in [6, 6.07) is 7.50. The summed E-state index contributed by atoms with van der Waals surface area (Å²) in [7, 11) is 4.17. The number of aromatic nitrogens is 2. The van der Waals surface area contributed by atoms with Gasteiger partial charge in [-0.25, -0.2) is 9.37 Å². The Kier molecular flexibility index (Phi) is 5.45. The van der Waals surface area contributed by atoms with Crippen molar-refractivity contribution in [2.24, 2.45) is 0 Å². The Morgan fingerprint density at radius 1 is 1.20 bits per heavy atom. The molecule has 1 aromatic heterocycles. The normalized spacial score (nSPS) is 16.6. The van der Waals surface area contributed by atoms with E-state index < -0.39 is 0 Å². The molecule has 1 aliphatic heterocycles. The van der Waals surface area contributed by atoms with Gasteiger partial charge in [0.15, 0.2) is 0 Å². The number of halogens is 1. The van der Waals surface area contributed by atoms with Crippen LogP contribution in [-0.2, 0) is 4.74 Å². The van der Waals surface area contributed by atoms with Crippen LogP contribution in [0.1, 0.15) is 12.8 Å². The molecule has 0 spiro atoms. The maximum absolute atomic E-state index is 13.0. The Morgan fingerprint density at radius 2 is 1.92 bits per heavy atom. The van der Waals surface area contributed by atoms with Crippen molar-refractivity contribution in [1.82, 2.24) is 14.9 Å². The molecule has 1 fully saturated rings. The molecule has 0 amide bonds. The van der Waals surface area contributed by atoms with E-state index in [0.717, 1.165) is 32.6 Å². The third kappa shape index (κ3) is 4.43. The Hall–Kier alpha value is -2.25. The number of hydrogen-bond acceptors (Lipinski definition) is 6. The maximum atomic E-state index is 13.0. The minimum absolute atomic E-state index is 0.0232. The van der Waals surface area contributed by atoms with Crippen LogP contribution in [0.5, 0.6) is 11.6 Å². The van der Waals surface area contributed by atoms with Crippen LogP contribution in [0, 0.1) is 5.82 Å². The van der Waals surface area contributed by atoms with Gasteiger partial charge in [0.1, 0.15) is 11.6 Å². The van der Waals surface area contributed by atoms with Crippen LogP contribution in [0.4, 0.5) is 10.3 Å². The van der Waals surface area contributed by atoms with E-state index in [1.807, 2.05) is 0 Å². The fraction of sp³-hybridized carbons (Fsp3) is 0.444. The summed E-state index contributed by atoms with van der Waals surface area (Å²) in [5.41, 5.74) is 0.0232. The van der Waals surface area contributed by atoms with Crippen LogP contribution in [0.3, 0.4) is 0 Å². The number of nitrogens with zero attached hydrogens (tertiary/aromatic N) is 3. The first-order valence-electron chi connectivity index (χ1n) is 8.33. The molecule has 0 unspecified atom stereocenters. The Labute approximate surface area is 147 Å². The molecule has 1 aliphatic rings. The highest BCUT2D eigenvalue weighted by Gasteiger charge is 2.34. The molecule has 134 valence electrons. The van der Waals surface area contributed by atoms with Crippen LogP contribution in [0.2, 0.25) is 0 Å². The van der Waals surface area contributed by atoms with Crippen molar-refractivity contribution in [2.45, 2.75) is 18.4 Å². The lowest BCUT2D eigenvalue weighted by Gasteiger charge is -2.42. The van der Waals surface area contributed by atoms with E-state index >= 15 is 0 Å². The third-order valence-corrected chi connectivity index (χ3v) is 4.61. The van der Waals surface area contributed by atoms with E-state index in [9.17, 15) is 4.39 Å². The van der Waals surface area contributed by atoms with Crippen LogP contribution in [0.15, 0.2) is 36.5 Å². The molecule has 6 nitrogen and oxygen atoms in total. The monoisotopic (exact) mass is 346 g/mol. The van der Waals surface area contributed by atoms with E-state index in [1.165, 1.54) is 12.1 Å². The maximum Gasteiger partial charge on any atom is 0.226 e. The van der Waals surface area contributed by atoms with E-state index in [-0.39, 0.29) is 11.4 Å². The molecule has 2 aromatic rings. The second-order valence-electron chi connectivity index (χ2n) is 6.36. The molecule has 2 heterocycles. The molecular formula is C18H23FN4O2. The molecule has 1 N–H and O–H groups in total. The second-order valence-corrected chi connectivity index (χ2v) is 6.36. The van der Waals surface area contributed by atoms with Crippen molar-refractivity contribution in [2.75, 3.05) is 39.2 Å². The minimum atomic E-state index is -0.303. The molecule has 0 atom stereocenters. The standard InChI is InChI=1S/C18H23FN4O2/c1-23(2)18(8-11-24-12-9-18)13-21-17-20-10-7-16(22-17)25-15-5-3-14(19)4-6-15/h3-7,10H,8-9,11-13H2,1-2H3,(H,20,21,22). The van der Waals surface area contributed by atoms with Crippen molar-refractivity contribution in [3.8, 4) is 11.6 Å². The number of ether oxygens (including phenoxy) is 2. The minimum Gasteiger partial charge on any atom is -0.439 e. The van der Waals surface area contributed by atoms with Gasteiger partial charge in [-0.15, -0.1) is 0 Å². The number of hydrogen-bond donors (Lipinski definition) is 1. The smallest absolute Gasteiger partial charge is 0.226 e. The number of likely N-dealkylation sites (N-methyl/N-ethyl adjacent to an activating group) is 1. The molecule has 1 saturated heterocycles. The van der Waals surface area contributed by atoms with Gasteiger partial charge in [-0.05, 0) is 51.2 Å². The van der Waals surface area contributed by atoms with Gasteiger partial charge in [0.05, 0.1) is 0 Å². The van der Waals surface area contributed by atoms with Gasteiger partial charge in [0.25, 0.3) is 0 Å². The summed E-state index contributed by atoms with van der Waals surface area (Å²) < 4.78 is 24.1. The molecule has 7 heteroatoms. The molecule has 1 aromatic carbocycles. The zero-order chi connectivity index (χ0) is 17.7. The summed E-state index contributed by atoms with van der Waals surface area (Å²) in [6.45, 7) is 2.24. The average Bonchev–Trinajstić information content (AvgIpc) is 2.63. The average molecular weight is 346 g/mol. The van der Waals surface area contributed by atoms with Crippen LogP contribution in [0.25, 0.3) is 0 Å². The summed E-state index contributed by atoms with van der Waals surface area (Å²) in [5, 5.41) is 3.31. The lowest BCUT2D eigenvalue weighted by atomic mass is 9.88. The Bertz CT molecular complexity index is 688. The third-order valence-electron chi connectivity index (χ3n) is 4.61. The van der Waals surface area contributed by atoms with Crippen molar-refractivity contribution in [1.29, 1.82) is 0 Å². The fourth-order valence-corrected chi connectivity index (χ4v) is 2.88. The SMILES string of the molecule is CN(C)C1(CNc2nccc(Oc3ccc(F)cc3)n2)CCOCC1. The predicted molar refractivity (Wildman–Crippen MR) is 93.5 cm³/mol. The first-order chi connectivity index (χ1) is 12.1. The summed E-state index contributed by atoms with van der Waals surface area (Å²) in [5.74, 6) is 1.14. The predicted octanol–water partition coefficient (Wildman–Crippen LogP) is 2.93. The molecule has 25 heavy (non-hydrogen) atoms. The zero-order valence-corrected chi connectivity index (χ0v) is 14.5. The topological polar surface area (TPSA) is 59.5 Å². The van der Waals surface area contributed by atoms with Crippen LogP contribution in [-0.4, -0.2) is 54.3 Å². The quantitative estimate of drug-likeness (QED) is 0.868. The van der Waals surface area contributed by atoms with Crippen molar-refractivity contribution < 1.29 is 13.9 Å². The van der Waals surface area contributed by atoms with Gasteiger partial charge in [-0.1, -0.05) is 0 Å². The summed E-state index contributed by atoms with van der Waals surface area (Å²) in [6.07, 6.45) is 3.55. The first kappa shape index (κ1) is 17.6. The molecule has 0 aliphatic carbocycles. The number of rotatable bonds is 6. The first-order valence-corrected chi connectivity index (χ1v) is 8.33. The molecule has 0 radical (unpaired) electrons.